The highest BCUT2D eigenvalue weighted by Gasteiger charge is 2.21. The first-order valence-electron chi connectivity index (χ1n) is 8.27. The number of aromatic nitrogens is 2. The minimum absolute atomic E-state index is 0.131. The van der Waals surface area contributed by atoms with E-state index in [1.807, 2.05) is 60.0 Å². The molecule has 3 heterocycles. The van der Waals surface area contributed by atoms with E-state index in [4.69, 9.17) is 11.6 Å². The molecule has 0 radical (unpaired) electrons. The molecule has 4 aromatic rings. The van der Waals surface area contributed by atoms with Gasteiger partial charge in [-0.25, -0.2) is 4.98 Å². The van der Waals surface area contributed by atoms with Crippen LogP contribution >= 0.6 is 34.7 Å². The van der Waals surface area contributed by atoms with Gasteiger partial charge in [-0.05, 0) is 23.3 Å². The van der Waals surface area contributed by atoms with E-state index in [9.17, 15) is 4.79 Å². The van der Waals surface area contributed by atoms with Crippen LogP contribution in [0.15, 0.2) is 75.0 Å². The zero-order chi connectivity index (χ0) is 18.4. The fraction of sp³-hybridized carbons (Fsp3) is 0.0500. The fourth-order valence-corrected chi connectivity index (χ4v) is 5.05. The third kappa shape index (κ3) is 2.90. The van der Waals surface area contributed by atoms with Crippen molar-refractivity contribution in [3.05, 3.63) is 80.9 Å². The largest absolute Gasteiger partial charge is 0.284 e. The summed E-state index contributed by atoms with van der Waals surface area (Å²) in [7, 11) is 0. The highest BCUT2D eigenvalue weighted by Crippen LogP contribution is 2.33. The molecule has 0 fully saturated rings. The van der Waals surface area contributed by atoms with Gasteiger partial charge < -0.3 is 0 Å². The standard InChI is InChI=1S/C20H12ClN3OS2/c21-14-8-6-13(7-9-14)16-11-27-20-22-18-17(19(25)24(20)23-16)15(10-26-18)12-4-2-1-3-5-12/h1-10H,11H2. The number of thioether (sulfide) groups is 1. The minimum atomic E-state index is -0.131. The Kier molecular flexibility index (Phi) is 4.11. The van der Waals surface area contributed by atoms with Gasteiger partial charge in [0.15, 0.2) is 5.16 Å². The van der Waals surface area contributed by atoms with Crippen molar-refractivity contribution in [3.63, 3.8) is 0 Å². The zero-order valence-electron chi connectivity index (χ0n) is 13.9. The average Bonchev–Trinajstić information content (AvgIpc) is 3.13. The van der Waals surface area contributed by atoms with Gasteiger partial charge in [0.25, 0.3) is 5.56 Å². The van der Waals surface area contributed by atoms with E-state index in [2.05, 4.69) is 10.1 Å². The number of halogens is 1. The third-order valence-corrected chi connectivity index (χ3v) is 6.44. The molecular formula is C20H12ClN3OS2. The molecule has 0 saturated carbocycles. The van der Waals surface area contributed by atoms with Gasteiger partial charge >= 0.3 is 0 Å². The molecular weight excluding hydrogens is 398 g/mol. The van der Waals surface area contributed by atoms with Gasteiger partial charge in [-0.1, -0.05) is 65.8 Å². The number of fused-ring (bicyclic) bond motifs is 2. The fourth-order valence-electron chi connectivity index (χ4n) is 3.04. The second-order valence-corrected chi connectivity index (χ2v) is 8.29. The maximum atomic E-state index is 13.2. The van der Waals surface area contributed by atoms with Crippen molar-refractivity contribution >= 4 is 50.6 Å². The van der Waals surface area contributed by atoms with Crippen molar-refractivity contribution in [2.45, 2.75) is 5.16 Å². The van der Waals surface area contributed by atoms with Crippen molar-refractivity contribution in [1.82, 2.24) is 9.66 Å². The van der Waals surface area contributed by atoms with Crippen LogP contribution < -0.4 is 5.56 Å². The van der Waals surface area contributed by atoms with Crippen molar-refractivity contribution in [2.24, 2.45) is 5.10 Å². The molecule has 7 heteroatoms. The molecule has 27 heavy (non-hydrogen) atoms. The number of hydrogen-bond donors (Lipinski definition) is 0. The summed E-state index contributed by atoms with van der Waals surface area (Å²) in [5.41, 5.74) is 3.58. The molecule has 4 nitrogen and oxygen atoms in total. The van der Waals surface area contributed by atoms with E-state index in [1.54, 1.807) is 0 Å². The molecule has 2 aromatic heterocycles. The van der Waals surface area contributed by atoms with Gasteiger partial charge in [0.1, 0.15) is 4.83 Å². The second kappa shape index (κ2) is 6.64. The van der Waals surface area contributed by atoms with Crippen LogP contribution in [-0.2, 0) is 0 Å². The molecule has 1 aliphatic rings. The molecule has 0 N–H and O–H groups in total. The molecule has 0 spiro atoms. The highest BCUT2D eigenvalue weighted by molar-refractivity contribution is 7.99. The van der Waals surface area contributed by atoms with Gasteiger partial charge in [-0.2, -0.15) is 9.78 Å². The summed E-state index contributed by atoms with van der Waals surface area (Å²) in [6.45, 7) is 0. The first-order valence-corrected chi connectivity index (χ1v) is 10.5. The lowest BCUT2D eigenvalue weighted by molar-refractivity contribution is 0.700. The van der Waals surface area contributed by atoms with Crippen LogP contribution in [0.25, 0.3) is 21.3 Å². The van der Waals surface area contributed by atoms with Gasteiger partial charge in [0.05, 0.1) is 11.1 Å². The number of hydrogen-bond acceptors (Lipinski definition) is 5. The Bertz CT molecular complexity index is 1240. The first-order chi connectivity index (χ1) is 13.2. The zero-order valence-corrected chi connectivity index (χ0v) is 16.3. The van der Waals surface area contributed by atoms with E-state index in [0.717, 1.165) is 27.2 Å². The van der Waals surface area contributed by atoms with Gasteiger partial charge in [0, 0.05) is 21.7 Å². The van der Waals surface area contributed by atoms with E-state index >= 15 is 0 Å². The Labute approximate surface area is 168 Å². The molecule has 0 saturated heterocycles. The van der Waals surface area contributed by atoms with Crippen LogP contribution in [0, 0.1) is 0 Å². The van der Waals surface area contributed by atoms with Crippen molar-refractivity contribution in [3.8, 4) is 11.1 Å². The monoisotopic (exact) mass is 409 g/mol. The maximum absolute atomic E-state index is 13.2. The molecule has 1 aliphatic heterocycles. The molecule has 5 rings (SSSR count). The van der Waals surface area contributed by atoms with Crippen LogP contribution in [0.5, 0.6) is 0 Å². The summed E-state index contributed by atoms with van der Waals surface area (Å²) in [4.78, 5) is 18.7. The molecule has 0 aliphatic carbocycles. The lowest BCUT2D eigenvalue weighted by Gasteiger charge is -2.16. The van der Waals surface area contributed by atoms with Crippen molar-refractivity contribution in [2.75, 3.05) is 5.75 Å². The van der Waals surface area contributed by atoms with Crippen LogP contribution in [0.4, 0.5) is 0 Å². The van der Waals surface area contributed by atoms with Crippen molar-refractivity contribution in [1.29, 1.82) is 0 Å². The minimum Gasteiger partial charge on any atom is -0.266 e. The molecule has 0 amide bonds. The van der Waals surface area contributed by atoms with Crippen LogP contribution in [0.3, 0.4) is 0 Å². The number of thiophene rings is 1. The van der Waals surface area contributed by atoms with Gasteiger partial charge in [-0.3, -0.25) is 4.79 Å². The van der Waals surface area contributed by atoms with Crippen LogP contribution in [-0.4, -0.2) is 21.1 Å². The second-order valence-electron chi connectivity index (χ2n) is 6.05. The third-order valence-electron chi connectivity index (χ3n) is 4.38. The van der Waals surface area contributed by atoms with Crippen LogP contribution in [0.2, 0.25) is 5.02 Å². The van der Waals surface area contributed by atoms with E-state index < -0.39 is 0 Å². The van der Waals surface area contributed by atoms with E-state index in [0.29, 0.717) is 21.3 Å². The topological polar surface area (TPSA) is 47.2 Å². The molecule has 0 unspecified atom stereocenters. The summed E-state index contributed by atoms with van der Waals surface area (Å²) in [6, 6.07) is 17.4. The summed E-state index contributed by atoms with van der Waals surface area (Å²) in [6.07, 6.45) is 0. The summed E-state index contributed by atoms with van der Waals surface area (Å²) in [5, 5.41) is 8.53. The van der Waals surface area contributed by atoms with Gasteiger partial charge in [0.2, 0.25) is 0 Å². The van der Waals surface area contributed by atoms with Gasteiger partial charge in [-0.15, -0.1) is 11.3 Å². The van der Waals surface area contributed by atoms with E-state index in [-0.39, 0.29) is 5.56 Å². The Morgan fingerprint density at radius 3 is 2.56 bits per heavy atom. The SMILES string of the molecule is O=c1c2c(-c3ccccc3)csc2nc2n1N=C(c1ccc(Cl)cc1)CS2. The maximum Gasteiger partial charge on any atom is 0.284 e. The van der Waals surface area contributed by atoms with Crippen molar-refractivity contribution < 1.29 is 0 Å². The lowest BCUT2D eigenvalue weighted by Crippen LogP contribution is -2.25. The summed E-state index contributed by atoms with van der Waals surface area (Å²) >= 11 is 8.99. The lowest BCUT2D eigenvalue weighted by atomic mass is 10.1. The predicted molar refractivity (Wildman–Crippen MR) is 113 cm³/mol. The Morgan fingerprint density at radius 1 is 1.00 bits per heavy atom. The molecule has 0 atom stereocenters. The first kappa shape index (κ1) is 16.7. The average molecular weight is 410 g/mol. The Hall–Kier alpha value is -2.41. The normalized spacial score (nSPS) is 13.4. The highest BCUT2D eigenvalue weighted by atomic mass is 35.5. The quantitative estimate of drug-likeness (QED) is 0.431. The van der Waals surface area contributed by atoms with E-state index in [1.165, 1.54) is 27.8 Å². The molecule has 2 aromatic carbocycles. The number of rotatable bonds is 2. The number of benzene rings is 2. The predicted octanol–water partition coefficient (Wildman–Crippen LogP) is 5.14. The summed E-state index contributed by atoms with van der Waals surface area (Å²) in [5.74, 6) is 0.663. The Balaban J connectivity index is 1.70. The van der Waals surface area contributed by atoms with Crippen LogP contribution in [0.1, 0.15) is 5.56 Å². The number of nitrogens with zero attached hydrogens (tertiary/aromatic N) is 3. The smallest absolute Gasteiger partial charge is 0.266 e. The summed E-state index contributed by atoms with van der Waals surface area (Å²) < 4.78 is 1.43. The molecule has 0 bridgehead atoms. The molecule has 132 valence electrons. The Morgan fingerprint density at radius 2 is 1.78 bits per heavy atom.